The second-order valence-electron chi connectivity index (χ2n) is 4.26. The SMILES string of the molecule is CCC1CCCC(S(=O)(=O)CC(=O)O)C1. The van der Waals surface area contributed by atoms with Gasteiger partial charge in [0.15, 0.2) is 9.84 Å². The van der Waals surface area contributed by atoms with Crippen molar-refractivity contribution in [1.29, 1.82) is 0 Å². The Kier molecular flexibility index (Phi) is 4.13. The Labute approximate surface area is 90.6 Å². The van der Waals surface area contributed by atoms with E-state index in [1.165, 1.54) is 0 Å². The van der Waals surface area contributed by atoms with Crippen LogP contribution in [0.5, 0.6) is 0 Å². The number of carboxylic acid groups (broad SMARTS) is 1. The molecule has 0 aliphatic heterocycles. The van der Waals surface area contributed by atoms with Gasteiger partial charge in [-0.2, -0.15) is 0 Å². The van der Waals surface area contributed by atoms with Gasteiger partial charge in [0.25, 0.3) is 0 Å². The molecule has 0 heterocycles. The van der Waals surface area contributed by atoms with Gasteiger partial charge in [0, 0.05) is 0 Å². The highest BCUT2D eigenvalue weighted by Crippen LogP contribution is 2.30. The molecule has 4 nitrogen and oxygen atoms in total. The van der Waals surface area contributed by atoms with Gasteiger partial charge in [0.05, 0.1) is 5.25 Å². The summed E-state index contributed by atoms with van der Waals surface area (Å²) >= 11 is 0. The molecule has 88 valence electrons. The highest BCUT2D eigenvalue weighted by atomic mass is 32.2. The van der Waals surface area contributed by atoms with E-state index in [0.29, 0.717) is 18.8 Å². The molecule has 0 aromatic heterocycles. The standard InChI is InChI=1S/C10H18O4S/c1-2-8-4-3-5-9(6-8)15(13,14)7-10(11)12/h8-9H,2-7H2,1H3,(H,11,12). The van der Waals surface area contributed by atoms with Gasteiger partial charge in [-0.3, -0.25) is 4.79 Å². The summed E-state index contributed by atoms with van der Waals surface area (Å²) in [5.41, 5.74) is 0. The largest absolute Gasteiger partial charge is 0.480 e. The molecule has 0 spiro atoms. The van der Waals surface area contributed by atoms with Gasteiger partial charge in [0.1, 0.15) is 5.75 Å². The fourth-order valence-electron chi connectivity index (χ4n) is 2.23. The highest BCUT2D eigenvalue weighted by Gasteiger charge is 2.32. The second-order valence-corrected chi connectivity index (χ2v) is 6.54. The lowest BCUT2D eigenvalue weighted by molar-refractivity contribution is -0.134. The molecule has 0 aromatic carbocycles. The molecule has 2 unspecified atom stereocenters. The van der Waals surface area contributed by atoms with E-state index in [-0.39, 0.29) is 0 Å². The third-order valence-electron chi connectivity index (χ3n) is 3.14. The van der Waals surface area contributed by atoms with Crippen molar-refractivity contribution in [2.24, 2.45) is 5.92 Å². The van der Waals surface area contributed by atoms with Gasteiger partial charge >= 0.3 is 5.97 Å². The van der Waals surface area contributed by atoms with E-state index in [9.17, 15) is 13.2 Å². The summed E-state index contributed by atoms with van der Waals surface area (Å²) in [5.74, 6) is -1.50. The first-order valence-electron chi connectivity index (χ1n) is 5.39. The average Bonchev–Trinajstić information content (AvgIpc) is 2.16. The molecule has 5 heteroatoms. The normalized spacial score (nSPS) is 27.5. The average molecular weight is 234 g/mol. The lowest BCUT2D eigenvalue weighted by Gasteiger charge is -2.27. The number of sulfone groups is 1. The molecule has 1 fully saturated rings. The van der Waals surface area contributed by atoms with E-state index < -0.39 is 26.8 Å². The molecule has 15 heavy (non-hydrogen) atoms. The van der Waals surface area contributed by atoms with Crippen LogP contribution >= 0.6 is 0 Å². The van der Waals surface area contributed by atoms with Crippen molar-refractivity contribution in [2.75, 3.05) is 5.75 Å². The van der Waals surface area contributed by atoms with Crippen LogP contribution in [0.2, 0.25) is 0 Å². The lowest BCUT2D eigenvalue weighted by Crippen LogP contribution is -2.32. The highest BCUT2D eigenvalue weighted by molar-refractivity contribution is 7.92. The summed E-state index contributed by atoms with van der Waals surface area (Å²) in [6.07, 6.45) is 4.24. The molecule has 1 rings (SSSR count). The molecule has 0 amide bonds. The first kappa shape index (κ1) is 12.5. The van der Waals surface area contributed by atoms with Crippen molar-refractivity contribution in [2.45, 2.75) is 44.3 Å². The monoisotopic (exact) mass is 234 g/mol. The predicted molar refractivity (Wildman–Crippen MR) is 57.5 cm³/mol. The molecule has 1 aliphatic rings. The van der Waals surface area contributed by atoms with Crippen molar-refractivity contribution in [1.82, 2.24) is 0 Å². The summed E-state index contributed by atoms with van der Waals surface area (Å²) in [4.78, 5) is 10.4. The predicted octanol–water partition coefficient (Wildman–Crippen LogP) is 1.45. The Bertz CT molecular complexity index is 320. The molecule has 2 atom stereocenters. The molecular formula is C10H18O4S. The summed E-state index contributed by atoms with van der Waals surface area (Å²) in [5, 5.41) is 8.10. The minimum atomic E-state index is -3.43. The van der Waals surface area contributed by atoms with Crippen molar-refractivity contribution in [3.8, 4) is 0 Å². The topological polar surface area (TPSA) is 71.4 Å². The van der Waals surface area contributed by atoms with Gasteiger partial charge < -0.3 is 5.11 Å². The van der Waals surface area contributed by atoms with E-state index in [2.05, 4.69) is 6.92 Å². The lowest BCUT2D eigenvalue weighted by atomic mass is 9.87. The summed E-state index contributed by atoms with van der Waals surface area (Å²) in [7, 11) is -3.43. The van der Waals surface area contributed by atoms with Gasteiger partial charge in [-0.1, -0.05) is 26.2 Å². The third kappa shape index (κ3) is 3.48. The van der Waals surface area contributed by atoms with E-state index >= 15 is 0 Å². The van der Waals surface area contributed by atoms with E-state index in [4.69, 9.17) is 5.11 Å². The number of hydrogen-bond donors (Lipinski definition) is 1. The maximum absolute atomic E-state index is 11.7. The molecule has 0 aromatic rings. The van der Waals surface area contributed by atoms with E-state index in [0.717, 1.165) is 19.3 Å². The molecule has 1 saturated carbocycles. The Morgan fingerprint density at radius 1 is 1.40 bits per heavy atom. The first-order chi connectivity index (χ1) is 6.95. The molecule has 1 aliphatic carbocycles. The number of rotatable bonds is 4. The van der Waals surface area contributed by atoms with Crippen LogP contribution in [0.3, 0.4) is 0 Å². The summed E-state index contributed by atoms with van der Waals surface area (Å²) < 4.78 is 23.4. The number of aliphatic carboxylic acids is 1. The van der Waals surface area contributed by atoms with Crippen LogP contribution in [0.4, 0.5) is 0 Å². The van der Waals surface area contributed by atoms with Crippen LogP contribution in [0.15, 0.2) is 0 Å². The second kappa shape index (κ2) is 4.96. The number of hydrogen-bond acceptors (Lipinski definition) is 3. The van der Waals surface area contributed by atoms with Crippen molar-refractivity contribution in [3.05, 3.63) is 0 Å². The van der Waals surface area contributed by atoms with Crippen molar-refractivity contribution >= 4 is 15.8 Å². The number of carbonyl (C=O) groups is 1. The summed E-state index contributed by atoms with van der Waals surface area (Å²) in [6, 6.07) is 0. The smallest absolute Gasteiger partial charge is 0.318 e. The van der Waals surface area contributed by atoms with Gasteiger partial charge in [0.2, 0.25) is 0 Å². The molecule has 1 N–H and O–H groups in total. The van der Waals surface area contributed by atoms with Crippen molar-refractivity contribution < 1.29 is 18.3 Å². The van der Waals surface area contributed by atoms with Gasteiger partial charge in [-0.25, -0.2) is 8.42 Å². The first-order valence-corrected chi connectivity index (χ1v) is 7.10. The number of carboxylic acids is 1. The molecule has 0 saturated heterocycles. The van der Waals surface area contributed by atoms with E-state index in [1.54, 1.807) is 0 Å². The summed E-state index contributed by atoms with van der Waals surface area (Å²) in [6.45, 7) is 2.05. The van der Waals surface area contributed by atoms with Gasteiger partial charge in [-0.05, 0) is 18.8 Å². The Morgan fingerprint density at radius 2 is 2.07 bits per heavy atom. The van der Waals surface area contributed by atoms with Crippen LogP contribution in [0.25, 0.3) is 0 Å². The fraction of sp³-hybridized carbons (Fsp3) is 0.900. The zero-order valence-electron chi connectivity index (χ0n) is 8.98. The fourth-order valence-corrected chi connectivity index (χ4v) is 3.90. The maximum Gasteiger partial charge on any atom is 0.318 e. The Balaban J connectivity index is 2.66. The Morgan fingerprint density at radius 3 is 2.60 bits per heavy atom. The molecule has 0 bridgehead atoms. The van der Waals surface area contributed by atoms with Crippen LogP contribution in [-0.2, 0) is 14.6 Å². The molecular weight excluding hydrogens is 216 g/mol. The minimum Gasteiger partial charge on any atom is -0.480 e. The van der Waals surface area contributed by atoms with E-state index in [1.807, 2.05) is 0 Å². The molecule has 0 radical (unpaired) electrons. The maximum atomic E-state index is 11.7. The Hall–Kier alpha value is -0.580. The van der Waals surface area contributed by atoms with Crippen LogP contribution < -0.4 is 0 Å². The minimum absolute atomic E-state index is 0.424. The van der Waals surface area contributed by atoms with Crippen LogP contribution in [0.1, 0.15) is 39.0 Å². The van der Waals surface area contributed by atoms with Crippen molar-refractivity contribution in [3.63, 3.8) is 0 Å². The van der Waals surface area contributed by atoms with Crippen LogP contribution in [0, 0.1) is 5.92 Å². The third-order valence-corrected chi connectivity index (χ3v) is 5.24. The zero-order chi connectivity index (χ0) is 11.5. The quantitative estimate of drug-likeness (QED) is 0.799. The van der Waals surface area contributed by atoms with Crippen LogP contribution in [-0.4, -0.2) is 30.5 Å². The zero-order valence-corrected chi connectivity index (χ0v) is 9.79. The van der Waals surface area contributed by atoms with Gasteiger partial charge in [-0.15, -0.1) is 0 Å².